The molecule has 9 aromatic rings. The highest BCUT2D eigenvalue weighted by molar-refractivity contribution is 6.24. The minimum atomic E-state index is 0.934. The molecule has 4 heteroatoms. The van der Waals surface area contributed by atoms with Gasteiger partial charge in [0.2, 0.25) is 0 Å². The number of hydrogen-bond acceptors (Lipinski definition) is 4. The van der Waals surface area contributed by atoms with Crippen LogP contribution in [0.3, 0.4) is 0 Å². The van der Waals surface area contributed by atoms with Crippen molar-refractivity contribution < 1.29 is 0 Å². The lowest BCUT2D eigenvalue weighted by atomic mass is 9.87. The maximum absolute atomic E-state index is 4.93. The fourth-order valence-corrected chi connectivity index (χ4v) is 6.52. The van der Waals surface area contributed by atoms with Gasteiger partial charge in [-0.15, -0.1) is 0 Å². The molecule has 0 aliphatic rings. The Hall–Kier alpha value is -5.74. The van der Waals surface area contributed by atoms with Gasteiger partial charge in [-0.25, -0.2) is 19.9 Å². The number of hydrogen-bond donors (Lipinski definition) is 0. The zero-order chi connectivity index (χ0) is 27.6. The van der Waals surface area contributed by atoms with Crippen LogP contribution in [0.1, 0.15) is 0 Å². The molecule has 9 rings (SSSR count). The molecule has 0 atom stereocenters. The molecule has 4 nitrogen and oxygen atoms in total. The van der Waals surface area contributed by atoms with Crippen LogP contribution in [0.2, 0.25) is 0 Å². The zero-order valence-corrected chi connectivity index (χ0v) is 22.5. The van der Waals surface area contributed by atoms with E-state index in [-0.39, 0.29) is 0 Å². The number of fused-ring (bicyclic) bond motifs is 6. The summed E-state index contributed by atoms with van der Waals surface area (Å²) in [7, 11) is 0. The van der Waals surface area contributed by atoms with Crippen LogP contribution in [0, 0.1) is 0 Å². The predicted molar refractivity (Wildman–Crippen MR) is 174 cm³/mol. The van der Waals surface area contributed by atoms with E-state index in [0.717, 1.165) is 65.9 Å². The average Bonchev–Trinajstić information content (AvgIpc) is 3.05. The molecule has 0 N–H and O–H groups in total. The Morgan fingerprint density at radius 2 is 0.643 bits per heavy atom. The molecule has 0 aliphatic carbocycles. The van der Waals surface area contributed by atoms with Gasteiger partial charge in [0.15, 0.2) is 0 Å². The van der Waals surface area contributed by atoms with Crippen LogP contribution in [-0.4, -0.2) is 19.9 Å². The van der Waals surface area contributed by atoms with Crippen LogP contribution in [0.4, 0.5) is 0 Å². The van der Waals surface area contributed by atoms with Gasteiger partial charge < -0.3 is 0 Å². The number of aromatic nitrogens is 4. The van der Waals surface area contributed by atoms with E-state index in [1.165, 1.54) is 21.5 Å². The van der Waals surface area contributed by atoms with E-state index in [1.807, 2.05) is 0 Å². The van der Waals surface area contributed by atoms with Gasteiger partial charge in [0.1, 0.15) is 12.7 Å². The molecular formula is C38H22N4. The molecule has 0 fully saturated rings. The molecule has 42 heavy (non-hydrogen) atoms. The number of rotatable bonds is 2. The quantitative estimate of drug-likeness (QED) is 0.207. The van der Waals surface area contributed by atoms with Gasteiger partial charge in [-0.3, -0.25) is 0 Å². The van der Waals surface area contributed by atoms with E-state index in [9.17, 15) is 0 Å². The third-order valence-electron chi connectivity index (χ3n) is 8.41. The van der Waals surface area contributed by atoms with Crippen molar-refractivity contribution in [2.45, 2.75) is 0 Å². The highest BCUT2D eigenvalue weighted by atomic mass is 14.8. The number of benzene rings is 7. The van der Waals surface area contributed by atoms with Crippen LogP contribution in [-0.2, 0) is 0 Å². The Morgan fingerprint density at radius 1 is 0.310 bits per heavy atom. The minimum absolute atomic E-state index is 0.934. The standard InChI is InChI=1S/C38H22N4/c1-3-11-25-19-33-31(17-23(25)9-1)37(41-21-39-33)35-27-13-5-7-15-29(27)36(30-16-8-6-14-28(30)35)38-32-18-24-10-2-4-12-26(24)20-34(32)40-22-42-38/h1-22H. The molecule has 0 amide bonds. The second-order valence-corrected chi connectivity index (χ2v) is 10.7. The molecule has 2 aromatic heterocycles. The Kier molecular flexibility index (Phi) is 4.87. The SMILES string of the molecule is c1ccc2cc3c(-c4c5ccccc5c(-c5ncnc6cc7ccccc7cc56)c5ccccc45)ncnc3cc2c1. The van der Waals surface area contributed by atoms with Gasteiger partial charge in [0.25, 0.3) is 0 Å². The fraction of sp³-hybridized carbons (Fsp3) is 0. The van der Waals surface area contributed by atoms with Crippen molar-refractivity contribution in [3.63, 3.8) is 0 Å². The summed E-state index contributed by atoms with van der Waals surface area (Å²) in [5.41, 5.74) is 5.95. The predicted octanol–water partition coefficient (Wildman–Crippen LogP) is 9.52. The maximum atomic E-state index is 4.93. The Labute approximate surface area is 241 Å². The molecule has 2 heterocycles. The summed E-state index contributed by atoms with van der Waals surface area (Å²) in [4.78, 5) is 19.2. The van der Waals surface area contributed by atoms with Crippen molar-refractivity contribution >= 4 is 64.9 Å². The van der Waals surface area contributed by atoms with Gasteiger partial charge in [-0.05, 0) is 67.4 Å². The Bertz CT molecular complexity index is 2300. The van der Waals surface area contributed by atoms with Gasteiger partial charge >= 0.3 is 0 Å². The smallest absolute Gasteiger partial charge is 0.116 e. The summed E-state index contributed by atoms with van der Waals surface area (Å²) >= 11 is 0. The molecule has 7 aromatic carbocycles. The third kappa shape index (κ3) is 3.36. The molecule has 0 saturated heterocycles. The second-order valence-electron chi connectivity index (χ2n) is 10.7. The summed E-state index contributed by atoms with van der Waals surface area (Å²) in [6, 6.07) is 42.8. The first-order valence-corrected chi connectivity index (χ1v) is 14.0. The van der Waals surface area contributed by atoms with E-state index in [4.69, 9.17) is 9.97 Å². The summed E-state index contributed by atoms with van der Waals surface area (Å²) in [5.74, 6) is 0. The van der Waals surface area contributed by atoms with E-state index in [1.54, 1.807) is 12.7 Å². The summed E-state index contributed by atoms with van der Waals surface area (Å²) in [6.45, 7) is 0. The van der Waals surface area contributed by atoms with Crippen LogP contribution >= 0.6 is 0 Å². The largest absolute Gasteiger partial charge is 0.236 e. The van der Waals surface area contributed by atoms with E-state index >= 15 is 0 Å². The fourth-order valence-electron chi connectivity index (χ4n) is 6.52. The van der Waals surface area contributed by atoms with Crippen molar-refractivity contribution in [3.8, 4) is 22.5 Å². The summed E-state index contributed by atoms with van der Waals surface area (Å²) < 4.78 is 0. The normalized spacial score (nSPS) is 11.8. The molecule has 0 saturated carbocycles. The Balaban J connectivity index is 1.43. The van der Waals surface area contributed by atoms with E-state index < -0.39 is 0 Å². The van der Waals surface area contributed by atoms with Crippen LogP contribution in [0.5, 0.6) is 0 Å². The number of nitrogens with zero attached hydrogens (tertiary/aromatic N) is 4. The van der Waals surface area contributed by atoms with E-state index in [2.05, 4.69) is 131 Å². The van der Waals surface area contributed by atoms with Crippen LogP contribution in [0.25, 0.3) is 87.4 Å². The van der Waals surface area contributed by atoms with Gasteiger partial charge in [-0.2, -0.15) is 0 Å². The lowest BCUT2D eigenvalue weighted by Gasteiger charge is -2.18. The van der Waals surface area contributed by atoms with Gasteiger partial charge in [0, 0.05) is 21.9 Å². The molecule has 0 aliphatic heterocycles. The maximum Gasteiger partial charge on any atom is 0.116 e. The average molecular weight is 535 g/mol. The lowest BCUT2D eigenvalue weighted by Crippen LogP contribution is -1.96. The van der Waals surface area contributed by atoms with Gasteiger partial charge in [0.05, 0.1) is 22.4 Å². The van der Waals surface area contributed by atoms with Crippen molar-refractivity contribution in [2.24, 2.45) is 0 Å². The van der Waals surface area contributed by atoms with Crippen molar-refractivity contribution in [2.75, 3.05) is 0 Å². The first-order chi connectivity index (χ1) is 20.8. The van der Waals surface area contributed by atoms with Gasteiger partial charge in [-0.1, -0.05) is 97.1 Å². The van der Waals surface area contributed by atoms with E-state index in [0.29, 0.717) is 0 Å². The highest BCUT2D eigenvalue weighted by Gasteiger charge is 2.21. The minimum Gasteiger partial charge on any atom is -0.236 e. The first-order valence-electron chi connectivity index (χ1n) is 14.0. The molecular weight excluding hydrogens is 512 g/mol. The molecule has 194 valence electrons. The van der Waals surface area contributed by atoms with Crippen molar-refractivity contribution in [3.05, 3.63) is 134 Å². The molecule has 0 unspecified atom stereocenters. The molecule has 0 bridgehead atoms. The summed E-state index contributed by atoms with van der Waals surface area (Å²) in [5, 5.41) is 11.3. The molecule has 0 radical (unpaired) electrons. The van der Waals surface area contributed by atoms with Crippen LogP contribution < -0.4 is 0 Å². The molecule has 0 spiro atoms. The van der Waals surface area contributed by atoms with Crippen molar-refractivity contribution in [1.29, 1.82) is 0 Å². The lowest BCUT2D eigenvalue weighted by molar-refractivity contribution is 1.23. The Morgan fingerprint density at radius 3 is 1.02 bits per heavy atom. The monoisotopic (exact) mass is 534 g/mol. The highest BCUT2D eigenvalue weighted by Crippen LogP contribution is 2.45. The topological polar surface area (TPSA) is 51.6 Å². The zero-order valence-electron chi connectivity index (χ0n) is 22.5. The second kappa shape index (κ2) is 8.88. The van der Waals surface area contributed by atoms with Crippen molar-refractivity contribution in [1.82, 2.24) is 19.9 Å². The summed E-state index contributed by atoms with van der Waals surface area (Å²) in [6.07, 6.45) is 3.37. The third-order valence-corrected chi connectivity index (χ3v) is 8.41. The first kappa shape index (κ1) is 23.0. The van der Waals surface area contributed by atoms with Crippen LogP contribution in [0.15, 0.2) is 134 Å².